The van der Waals surface area contributed by atoms with Gasteiger partial charge < -0.3 is 9.31 Å². The zero-order valence-electron chi connectivity index (χ0n) is 12.0. The number of hydrogen-bond acceptors (Lipinski definition) is 4. The zero-order valence-corrected chi connectivity index (χ0v) is 12.0. The molecule has 19 heavy (non-hydrogen) atoms. The molecule has 0 atom stereocenters. The normalized spacial score (nSPS) is 21.2. The maximum Gasteiger partial charge on any atom is 0.496 e. The second-order valence-corrected chi connectivity index (χ2v) is 6.06. The summed E-state index contributed by atoms with van der Waals surface area (Å²) in [7, 11) is -0.362. The van der Waals surface area contributed by atoms with Gasteiger partial charge >= 0.3 is 7.12 Å². The van der Waals surface area contributed by atoms with Crippen molar-refractivity contribution in [2.24, 2.45) is 0 Å². The lowest BCUT2D eigenvalue weighted by Gasteiger charge is -2.32. The third-order valence-corrected chi connectivity index (χ3v) is 4.14. The highest BCUT2D eigenvalue weighted by Gasteiger charge is 2.51. The van der Waals surface area contributed by atoms with E-state index >= 15 is 0 Å². The summed E-state index contributed by atoms with van der Waals surface area (Å²) in [5.41, 5.74) is 2.22. The standard InChI is InChI=1S/C13H18BN3O2/c1-9-11-7-6-10(8-17(11)16-15-9)14-18-12(2,3)13(4,5)19-14/h6-8H,1-5H3. The van der Waals surface area contributed by atoms with Crippen molar-refractivity contribution in [1.29, 1.82) is 0 Å². The molecular formula is C13H18BN3O2. The zero-order chi connectivity index (χ0) is 13.8. The number of rotatable bonds is 1. The SMILES string of the molecule is Cc1nnn2cc(B3OC(C)(C)C(C)(C)O3)ccc12. The van der Waals surface area contributed by atoms with Crippen LogP contribution in [0.5, 0.6) is 0 Å². The molecule has 6 heteroatoms. The molecule has 5 nitrogen and oxygen atoms in total. The first-order chi connectivity index (χ1) is 8.80. The van der Waals surface area contributed by atoms with Gasteiger partial charge in [0.1, 0.15) is 0 Å². The van der Waals surface area contributed by atoms with Crippen molar-refractivity contribution in [2.45, 2.75) is 45.8 Å². The Balaban J connectivity index is 1.98. The minimum absolute atomic E-state index is 0.328. The lowest BCUT2D eigenvalue weighted by atomic mass is 9.80. The summed E-state index contributed by atoms with van der Waals surface area (Å²) >= 11 is 0. The lowest BCUT2D eigenvalue weighted by Crippen LogP contribution is -2.41. The number of pyridine rings is 1. The van der Waals surface area contributed by atoms with Gasteiger partial charge in [-0.1, -0.05) is 11.3 Å². The van der Waals surface area contributed by atoms with Crippen molar-refractivity contribution in [3.05, 3.63) is 24.0 Å². The molecule has 100 valence electrons. The monoisotopic (exact) mass is 259 g/mol. The molecule has 0 aromatic carbocycles. The summed E-state index contributed by atoms with van der Waals surface area (Å²) < 4.78 is 13.8. The molecule has 1 aliphatic rings. The molecule has 3 heterocycles. The Hall–Kier alpha value is -1.40. The van der Waals surface area contributed by atoms with Gasteiger partial charge in [-0.15, -0.1) is 5.10 Å². The van der Waals surface area contributed by atoms with E-state index in [2.05, 4.69) is 10.3 Å². The molecule has 2 aromatic heterocycles. The maximum absolute atomic E-state index is 6.02. The molecule has 0 unspecified atom stereocenters. The molecule has 3 rings (SSSR count). The van der Waals surface area contributed by atoms with Crippen molar-refractivity contribution in [1.82, 2.24) is 14.8 Å². The fourth-order valence-corrected chi connectivity index (χ4v) is 2.15. The van der Waals surface area contributed by atoms with E-state index in [-0.39, 0.29) is 18.3 Å². The van der Waals surface area contributed by atoms with Crippen LogP contribution in [0.15, 0.2) is 18.3 Å². The molecule has 0 bridgehead atoms. The van der Waals surface area contributed by atoms with Crippen molar-refractivity contribution in [2.75, 3.05) is 0 Å². The molecule has 1 aliphatic heterocycles. The highest BCUT2D eigenvalue weighted by atomic mass is 16.7. The van der Waals surface area contributed by atoms with Crippen molar-refractivity contribution >= 4 is 18.1 Å². The van der Waals surface area contributed by atoms with Crippen LogP contribution in [0.4, 0.5) is 0 Å². The van der Waals surface area contributed by atoms with Crippen molar-refractivity contribution in [3.63, 3.8) is 0 Å². The van der Waals surface area contributed by atoms with Crippen molar-refractivity contribution in [3.8, 4) is 0 Å². The van der Waals surface area contributed by atoms with Crippen molar-refractivity contribution < 1.29 is 9.31 Å². The van der Waals surface area contributed by atoms with E-state index in [1.54, 1.807) is 4.52 Å². The Morgan fingerprint density at radius 3 is 2.37 bits per heavy atom. The molecular weight excluding hydrogens is 241 g/mol. The third-order valence-electron chi connectivity index (χ3n) is 4.14. The summed E-state index contributed by atoms with van der Waals surface area (Å²) in [6, 6.07) is 4.00. The summed E-state index contributed by atoms with van der Waals surface area (Å²) in [6.45, 7) is 10.1. The third kappa shape index (κ3) is 1.86. The van der Waals surface area contributed by atoms with Crippen LogP contribution in [0.25, 0.3) is 5.52 Å². The van der Waals surface area contributed by atoms with Gasteiger partial charge in [-0.2, -0.15) is 0 Å². The van der Waals surface area contributed by atoms with E-state index in [1.807, 2.05) is 52.9 Å². The summed E-state index contributed by atoms with van der Waals surface area (Å²) in [4.78, 5) is 0. The maximum atomic E-state index is 6.02. The highest BCUT2D eigenvalue weighted by Crippen LogP contribution is 2.36. The van der Waals surface area contributed by atoms with Crippen LogP contribution in [0.1, 0.15) is 33.4 Å². The number of aryl methyl sites for hydroxylation is 1. The average molecular weight is 259 g/mol. The molecule has 1 saturated heterocycles. The quantitative estimate of drug-likeness (QED) is 0.725. The van der Waals surface area contributed by atoms with Crippen LogP contribution >= 0.6 is 0 Å². The Bertz CT molecular complexity index is 620. The largest absolute Gasteiger partial charge is 0.496 e. The lowest BCUT2D eigenvalue weighted by molar-refractivity contribution is 0.00578. The van der Waals surface area contributed by atoms with Gasteiger partial charge in [0.05, 0.1) is 22.4 Å². The van der Waals surface area contributed by atoms with Gasteiger partial charge in [0, 0.05) is 11.7 Å². The first kappa shape index (κ1) is 12.6. The summed E-state index contributed by atoms with van der Waals surface area (Å²) in [5.74, 6) is 0. The Morgan fingerprint density at radius 2 is 1.74 bits per heavy atom. The summed E-state index contributed by atoms with van der Waals surface area (Å²) in [6.07, 6.45) is 1.91. The van der Waals surface area contributed by atoms with E-state index in [0.29, 0.717) is 0 Å². The second-order valence-electron chi connectivity index (χ2n) is 6.06. The predicted octanol–water partition coefficient (Wildman–Crippen LogP) is 1.34. The van der Waals surface area contributed by atoms with Crippen LogP contribution in [0, 0.1) is 6.92 Å². The van der Waals surface area contributed by atoms with Crippen LogP contribution in [-0.2, 0) is 9.31 Å². The molecule has 1 fully saturated rings. The van der Waals surface area contributed by atoms with Gasteiger partial charge in [0.15, 0.2) is 0 Å². The molecule has 2 aromatic rings. The van der Waals surface area contributed by atoms with E-state index in [9.17, 15) is 0 Å². The number of aromatic nitrogens is 3. The summed E-state index contributed by atoms with van der Waals surface area (Å²) in [5, 5.41) is 8.13. The minimum Gasteiger partial charge on any atom is -0.399 e. The molecule has 0 spiro atoms. The van der Waals surface area contributed by atoms with Gasteiger partial charge in [-0.25, -0.2) is 4.52 Å². The molecule has 0 radical (unpaired) electrons. The fraction of sp³-hybridized carbons (Fsp3) is 0.538. The number of nitrogens with zero attached hydrogens (tertiary/aromatic N) is 3. The molecule has 0 amide bonds. The first-order valence-corrected chi connectivity index (χ1v) is 6.47. The Kier molecular flexibility index (Phi) is 2.53. The predicted molar refractivity (Wildman–Crippen MR) is 73.4 cm³/mol. The topological polar surface area (TPSA) is 48.7 Å². The van der Waals surface area contributed by atoms with Gasteiger partial charge in [0.2, 0.25) is 0 Å². The van der Waals surface area contributed by atoms with E-state index in [4.69, 9.17) is 9.31 Å². The highest BCUT2D eigenvalue weighted by molar-refractivity contribution is 6.62. The molecule has 0 N–H and O–H groups in total. The average Bonchev–Trinajstić information content (AvgIpc) is 2.78. The number of hydrogen-bond donors (Lipinski definition) is 0. The van der Waals surface area contributed by atoms with E-state index in [1.165, 1.54) is 0 Å². The minimum atomic E-state index is -0.362. The van der Waals surface area contributed by atoms with Crippen LogP contribution in [0.2, 0.25) is 0 Å². The van der Waals surface area contributed by atoms with Crippen LogP contribution in [0.3, 0.4) is 0 Å². The Morgan fingerprint density at radius 1 is 1.11 bits per heavy atom. The second kappa shape index (κ2) is 3.80. The van der Waals surface area contributed by atoms with Gasteiger partial charge in [-0.3, -0.25) is 0 Å². The van der Waals surface area contributed by atoms with E-state index < -0.39 is 0 Å². The first-order valence-electron chi connectivity index (χ1n) is 6.47. The van der Waals surface area contributed by atoms with Gasteiger partial charge in [0.25, 0.3) is 0 Å². The smallest absolute Gasteiger partial charge is 0.399 e. The number of fused-ring (bicyclic) bond motifs is 1. The molecule has 0 aliphatic carbocycles. The van der Waals surface area contributed by atoms with Crippen LogP contribution < -0.4 is 5.46 Å². The van der Waals surface area contributed by atoms with Gasteiger partial charge in [-0.05, 0) is 40.7 Å². The van der Waals surface area contributed by atoms with E-state index in [0.717, 1.165) is 16.7 Å². The van der Waals surface area contributed by atoms with Crippen LogP contribution in [-0.4, -0.2) is 33.1 Å². The fourth-order valence-electron chi connectivity index (χ4n) is 2.15. The molecule has 0 saturated carbocycles. The Labute approximate surface area is 113 Å².